The minimum atomic E-state index is -2.77. The van der Waals surface area contributed by atoms with Crippen LogP contribution in [0.2, 0.25) is 0 Å². The monoisotopic (exact) mass is 229 g/mol. The lowest BCUT2D eigenvalue weighted by molar-refractivity contribution is 0.275. The third-order valence-corrected chi connectivity index (χ3v) is 5.71. The highest BCUT2D eigenvalue weighted by atomic mass is 31.2. The lowest BCUT2D eigenvalue weighted by atomic mass is 10.5. The Hall–Kier alpha value is -0.400. The highest BCUT2D eigenvalue weighted by Crippen LogP contribution is 2.64. The number of nitrogens with zero attached hydrogens (tertiary/aromatic N) is 3. The Balaban J connectivity index is 1.97. The molecule has 0 amide bonds. The van der Waals surface area contributed by atoms with Crippen molar-refractivity contribution in [2.24, 2.45) is 0 Å². The zero-order valence-corrected chi connectivity index (χ0v) is 9.98. The van der Waals surface area contributed by atoms with Gasteiger partial charge in [-0.05, 0) is 13.8 Å². The molecule has 0 aromatic rings. The Bertz CT molecular complexity index is 321. The molecule has 6 heteroatoms. The van der Waals surface area contributed by atoms with Crippen LogP contribution >= 0.6 is 7.67 Å². The molecule has 2 fully saturated rings. The summed E-state index contributed by atoms with van der Waals surface area (Å²) in [5.74, 6) is 0. The Morgan fingerprint density at radius 3 is 2.20 bits per heavy atom. The lowest BCUT2D eigenvalue weighted by Crippen LogP contribution is -2.11. The largest absolute Gasteiger partial charge is 0.346 e. The summed E-state index contributed by atoms with van der Waals surface area (Å²) >= 11 is 0. The van der Waals surface area contributed by atoms with Crippen molar-refractivity contribution in [3.05, 3.63) is 0 Å². The Kier molecular flexibility index (Phi) is 2.87. The first-order valence-electron chi connectivity index (χ1n) is 5.25. The van der Waals surface area contributed by atoms with Crippen molar-refractivity contribution < 1.29 is 9.09 Å². The second kappa shape index (κ2) is 3.88. The zero-order chi connectivity index (χ0) is 11.1. The van der Waals surface area contributed by atoms with Crippen molar-refractivity contribution in [1.82, 2.24) is 9.34 Å². The lowest BCUT2D eigenvalue weighted by Gasteiger charge is -2.20. The SMILES string of the molecule is C[C@H]1CN1P(=O)(OCCC#N)N1C[C@@H]1C. The van der Waals surface area contributed by atoms with Crippen LogP contribution in [0.5, 0.6) is 0 Å². The highest BCUT2D eigenvalue weighted by Gasteiger charge is 2.56. The molecule has 4 atom stereocenters. The standard InChI is InChI=1S/C9H16N3O2P/c1-8-6-11(8)15(13,12-7-9(12)2)14-5-3-4-10/h8-9H,3,5-7H2,1-2H3/t8-,9-,11?,12?,15?/m0/s1. The van der Waals surface area contributed by atoms with Gasteiger partial charge >= 0.3 is 7.67 Å². The molecule has 0 radical (unpaired) electrons. The smallest absolute Gasteiger partial charge is 0.305 e. The third-order valence-electron chi connectivity index (χ3n) is 2.78. The van der Waals surface area contributed by atoms with Crippen LogP contribution in [0.15, 0.2) is 0 Å². The predicted molar refractivity (Wildman–Crippen MR) is 56.1 cm³/mol. The van der Waals surface area contributed by atoms with Crippen LogP contribution in [0, 0.1) is 11.3 Å². The van der Waals surface area contributed by atoms with Crippen molar-refractivity contribution in [2.45, 2.75) is 32.4 Å². The minimum absolute atomic E-state index is 0.264. The van der Waals surface area contributed by atoms with Gasteiger partial charge in [0.1, 0.15) is 0 Å². The molecule has 0 aromatic heterocycles. The molecule has 2 aliphatic rings. The van der Waals surface area contributed by atoms with Gasteiger partial charge in [0, 0.05) is 25.2 Å². The first-order valence-corrected chi connectivity index (χ1v) is 6.78. The van der Waals surface area contributed by atoms with Crippen molar-refractivity contribution in [2.75, 3.05) is 19.7 Å². The fourth-order valence-electron chi connectivity index (χ4n) is 1.66. The molecule has 15 heavy (non-hydrogen) atoms. The van der Waals surface area contributed by atoms with E-state index in [1.54, 1.807) is 0 Å². The zero-order valence-electron chi connectivity index (χ0n) is 9.09. The van der Waals surface area contributed by atoms with Gasteiger partial charge in [0.05, 0.1) is 19.1 Å². The molecule has 0 saturated carbocycles. The molecule has 2 saturated heterocycles. The van der Waals surface area contributed by atoms with Crippen LogP contribution in [-0.2, 0) is 9.09 Å². The van der Waals surface area contributed by atoms with E-state index >= 15 is 0 Å². The summed E-state index contributed by atoms with van der Waals surface area (Å²) in [7, 11) is -2.77. The predicted octanol–water partition coefficient (Wildman–Crippen LogP) is 1.43. The van der Waals surface area contributed by atoms with Crippen molar-refractivity contribution >= 4 is 7.67 Å². The molecular formula is C9H16N3O2P. The second-order valence-corrected chi connectivity index (χ2v) is 6.44. The van der Waals surface area contributed by atoms with E-state index < -0.39 is 7.67 Å². The van der Waals surface area contributed by atoms with Gasteiger partial charge in [0.2, 0.25) is 0 Å². The number of hydrogen-bond acceptors (Lipinski definition) is 3. The van der Waals surface area contributed by atoms with E-state index in [2.05, 4.69) is 0 Å². The molecule has 84 valence electrons. The first kappa shape index (κ1) is 11.1. The van der Waals surface area contributed by atoms with Gasteiger partial charge in [-0.15, -0.1) is 0 Å². The molecule has 0 aromatic carbocycles. The molecule has 2 rings (SSSR count). The highest BCUT2D eigenvalue weighted by molar-refractivity contribution is 7.54. The van der Waals surface area contributed by atoms with Crippen LogP contribution < -0.4 is 0 Å². The van der Waals surface area contributed by atoms with Gasteiger partial charge in [0.15, 0.2) is 0 Å². The topological polar surface area (TPSA) is 56.1 Å². The van der Waals surface area contributed by atoms with E-state index in [-0.39, 0.29) is 6.61 Å². The molecule has 2 aliphatic heterocycles. The summed E-state index contributed by atoms with van der Waals surface area (Å²) in [6, 6.07) is 2.70. The van der Waals surface area contributed by atoms with Gasteiger partial charge < -0.3 is 4.52 Å². The number of rotatable bonds is 5. The average Bonchev–Trinajstić information content (AvgIpc) is 3.05. The summed E-state index contributed by atoms with van der Waals surface area (Å²) in [5.41, 5.74) is 0. The normalized spacial score (nSPS) is 41.7. The van der Waals surface area contributed by atoms with E-state index in [9.17, 15) is 4.57 Å². The Morgan fingerprint density at radius 2 is 1.87 bits per heavy atom. The summed E-state index contributed by atoms with van der Waals surface area (Å²) in [4.78, 5) is 0. The Labute approximate surface area is 90.2 Å². The van der Waals surface area contributed by atoms with Gasteiger partial charge in [-0.3, -0.25) is 4.57 Å². The summed E-state index contributed by atoms with van der Waals surface area (Å²) in [5, 5.41) is 8.43. The van der Waals surface area contributed by atoms with Gasteiger partial charge in [-0.2, -0.15) is 5.26 Å². The molecule has 2 heterocycles. The van der Waals surface area contributed by atoms with E-state index in [0.717, 1.165) is 13.1 Å². The third kappa shape index (κ3) is 2.09. The average molecular weight is 229 g/mol. The summed E-state index contributed by atoms with van der Waals surface area (Å²) < 4.78 is 21.8. The van der Waals surface area contributed by atoms with E-state index in [1.165, 1.54) is 0 Å². The quantitative estimate of drug-likeness (QED) is 0.405. The van der Waals surface area contributed by atoms with E-state index in [4.69, 9.17) is 9.79 Å². The van der Waals surface area contributed by atoms with Crippen LogP contribution in [-0.4, -0.2) is 41.1 Å². The molecule has 0 N–H and O–H groups in total. The van der Waals surface area contributed by atoms with E-state index in [1.807, 2.05) is 29.3 Å². The molecule has 0 bridgehead atoms. The minimum Gasteiger partial charge on any atom is -0.305 e. The Morgan fingerprint density at radius 1 is 1.40 bits per heavy atom. The fraction of sp³-hybridized carbons (Fsp3) is 0.889. The molecule has 0 spiro atoms. The van der Waals surface area contributed by atoms with Crippen molar-refractivity contribution in [3.63, 3.8) is 0 Å². The fourth-order valence-corrected chi connectivity index (χ4v) is 4.46. The van der Waals surface area contributed by atoms with Crippen LogP contribution in [0.3, 0.4) is 0 Å². The maximum absolute atomic E-state index is 12.6. The maximum atomic E-state index is 12.6. The first-order chi connectivity index (χ1) is 7.09. The number of nitriles is 1. The summed E-state index contributed by atoms with van der Waals surface area (Å²) in [6.45, 7) is 6.02. The van der Waals surface area contributed by atoms with Gasteiger partial charge in [-0.25, -0.2) is 9.34 Å². The van der Waals surface area contributed by atoms with Gasteiger partial charge in [0.25, 0.3) is 0 Å². The second-order valence-electron chi connectivity index (χ2n) is 4.17. The van der Waals surface area contributed by atoms with Gasteiger partial charge in [-0.1, -0.05) is 0 Å². The molecule has 2 unspecified atom stereocenters. The summed E-state index contributed by atoms with van der Waals surface area (Å²) in [6.07, 6.45) is 0.300. The van der Waals surface area contributed by atoms with Crippen LogP contribution in [0.1, 0.15) is 20.3 Å². The number of hydrogen-bond donors (Lipinski definition) is 0. The maximum Gasteiger partial charge on any atom is 0.346 e. The van der Waals surface area contributed by atoms with E-state index in [0.29, 0.717) is 18.5 Å². The van der Waals surface area contributed by atoms with Crippen molar-refractivity contribution in [1.29, 1.82) is 5.26 Å². The molecule has 0 aliphatic carbocycles. The van der Waals surface area contributed by atoms with Crippen LogP contribution in [0.25, 0.3) is 0 Å². The van der Waals surface area contributed by atoms with Crippen LogP contribution in [0.4, 0.5) is 0 Å². The van der Waals surface area contributed by atoms with Crippen molar-refractivity contribution in [3.8, 4) is 6.07 Å². The molecular weight excluding hydrogens is 213 g/mol. The molecule has 5 nitrogen and oxygen atoms in total.